The summed E-state index contributed by atoms with van der Waals surface area (Å²) in [6.45, 7) is 4.91. The molecule has 1 aliphatic rings. The van der Waals surface area contributed by atoms with Crippen molar-refractivity contribution in [1.82, 2.24) is 15.4 Å². The standard InChI is InChI=1S/C10H21N3O3S/c1-3-13-17(15,16)8-7-11-9(14)10(2)5-4-6-12-10/h12-13H,3-8H2,1-2H3,(H,11,14). The molecule has 0 aromatic rings. The normalized spacial score (nSPS) is 24.8. The van der Waals surface area contributed by atoms with Gasteiger partial charge in [0.05, 0.1) is 11.3 Å². The maximum absolute atomic E-state index is 11.8. The predicted molar refractivity (Wildman–Crippen MR) is 66.1 cm³/mol. The molecule has 0 aromatic heterocycles. The summed E-state index contributed by atoms with van der Waals surface area (Å²) in [6, 6.07) is 0. The summed E-state index contributed by atoms with van der Waals surface area (Å²) in [4.78, 5) is 11.8. The third-order valence-corrected chi connectivity index (χ3v) is 4.36. The first-order valence-electron chi connectivity index (χ1n) is 5.90. The topological polar surface area (TPSA) is 87.3 Å². The van der Waals surface area contributed by atoms with Crippen molar-refractivity contribution in [2.75, 3.05) is 25.4 Å². The molecule has 7 heteroatoms. The number of nitrogens with one attached hydrogen (secondary N) is 3. The first-order valence-corrected chi connectivity index (χ1v) is 7.55. The first kappa shape index (κ1) is 14.4. The van der Waals surface area contributed by atoms with E-state index in [-0.39, 0.29) is 18.2 Å². The van der Waals surface area contributed by atoms with E-state index in [4.69, 9.17) is 0 Å². The van der Waals surface area contributed by atoms with Crippen LogP contribution in [-0.2, 0) is 14.8 Å². The van der Waals surface area contributed by atoms with Crippen molar-refractivity contribution in [3.05, 3.63) is 0 Å². The van der Waals surface area contributed by atoms with Crippen LogP contribution in [0.2, 0.25) is 0 Å². The zero-order valence-electron chi connectivity index (χ0n) is 10.4. The lowest BCUT2D eigenvalue weighted by Crippen LogP contribution is -2.52. The van der Waals surface area contributed by atoms with Crippen LogP contribution in [0.25, 0.3) is 0 Å². The molecule has 1 aliphatic heterocycles. The van der Waals surface area contributed by atoms with Gasteiger partial charge in [0.15, 0.2) is 0 Å². The smallest absolute Gasteiger partial charge is 0.240 e. The molecule has 0 spiro atoms. The quantitative estimate of drug-likeness (QED) is 0.584. The summed E-state index contributed by atoms with van der Waals surface area (Å²) < 4.78 is 25.1. The molecule has 0 aliphatic carbocycles. The van der Waals surface area contributed by atoms with Crippen LogP contribution in [0.3, 0.4) is 0 Å². The van der Waals surface area contributed by atoms with Gasteiger partial charge in [-0.15, -0.1) is 0 Å². The maximum atomic E-state index is 11.8. The Kier molecular flexibility index (Phi) is 4.91. The minimum Gasteiger partial charge on any atom is -0.353 e. The van der Waals surface area contributed by atoms with Gasteiger partial charge in [0, 0.05) is 13.1 Å². The summed E-state index contributed by atoms with van der Waals surface area (Å²) in [5.41, 5.74) is -0.540. The molecule has 1 fully saturated rings. The fraction of sp³-hybridized carbons (Fsp3) is 0.900. The number of amides is 1. The molecule has 1 unspecified atom stereocenters. The fourth-order valence-electron chi connectivity index (χ4n) is 1.87. The van der Waals surface area contributed by atoms with Crippen molar-refractivity contribution < 1.29 is 13.2 Å². The van der Waals surface area contributed by atoms with Crippen molar-refractivity contribution >= 4 is 15.9 Å². The number of sulfonamides is 1. The molecule has 17 heavy (non-hydrogen) atoms. The SMILES string of the molecule is CCNS(=O)(=O)CCNC(=O)C1(C)CCCN1. The largest absolute Gasteiger partial charge is 0.353 e. The average Bonchev–Trinajstić information content (AvgIpc) is 2.66. The Morgan fingerprint density at radius 3 is 2.71 bits per heavy atom. The summed E-state index contributed by atoms with van der Waals surface area (Å²) in [5, 5.41) is 5.79. The van der Waals surface area contributed by atoms with Crippen molar-refractivity contribution in [1.29, 1.82) is 0 Å². The predicted octanol–water partition coefficient (Wildman–Crippen LogP) is -0.816. The van der Waals surface area contributed by atoms with Crippen LogP contribution in [0.5, 0.6) is 0 Å². The van der Waals surface area contributed by atoms with Gasteiger partial charge in [0.25, 0.3) is 0 Å². The van der Waals surface area contributed by atoms with Gasteiger partial charge in [-0.05, 0) is 26.3 Å². The Bertz CT molecular complexity index is 361. The number of hydrogen-bond acceptors (Lipinski definition) is 4. The monoisotopic (exact) mass is 263 g/mol. The van der Waals surface area contributed by atoms with Gasteiger partial charge in [-0.1, -0.05) is 6.92 Å². The second-order valence-electron chi connectivity index (χ2n) is 4.44. The fourth-order valence-corrected chi connectivity index (χ4v) is 2.83. The van der Waals surface area contributed by atoms with Crippen LogP contribution >= 0.6 is 0 Å². The van der Waals surface area contributed by atoms with Crippen molar-refractivity contribution in [3.63, 3.8) is 0 Å². The molecule has 6 nitrogen and oxygen atoms in total. The number of hydrogen-bond donors (Lipinski definition) is 3. The minimum absolute atomic E-state index is 0.0807. The van der Waals surface area contributed by atoms with Gasteiger partial charge in [-0.25, -0.2) is 13.1 Å². The van der Waals surface area contributed by atoms with E-state index in [1.54, 1.807) is 6.92 Å². The zero-order chi connectivity index (χ0) is 12.9. The highest BCUT2D eigenvalue weighted by Gasteiger charge is 2.35. The van der Waals surface area contributed by atoms with Crippen molar-refractivity contribution in [2.24, 2.45) is 0 Å². The molecular weight excluding hydrogens is 242 g/mol. The van der Waals surface area contributed by atoms with Crippen LogP contribution in [0.4, 0.5) is 0 Å². The Labute approximate surface area is 103 Å². The Morgan fingerprint density at radius 2 is 2.18 bits per heavy atom. The van der Waals surface area contributed by atoms with E-state index < -0.39 is 15.6 Å². The van der Waals surface area contributed by atoms with Gasteiger partial charge in [0.2, 0.25) is 15.9 Å². The van der Waals surface area contributed by atoms with E-state index >= 15 is 0 Å². The molecular formula is C10H21N3O3S. The molecule has 1 rings (SSSR count). The second kappa shape index (κ2) is 5.79. The molecule has 0 bridgehead atoms. The van der Waals surface area contributed by atoms with E-state index in [2.05, 4.69) is 15.4 Å². The van der Waals surface area contributed by atoms with E-state index in [9.17, 15) is 13.2 Å². The third kappa shape index (κ3) is 4.25. The van der Waals surface area contributed by atoms with E-state index in [1.807, 2.05) is 6.92 Å². The second-order valence-corrected chi connectivity index (χ2v) is 6.36. The average molecular weight is 263 g/mol. The molecule has 1 saturated heterocycles. The lowest BCUT2D eigenvalue weighted by atomic mass is 9.99. The highest BCUT2D eigenvalue weighted by Crippen LogP contribution is 2.18. The highest BCUT2D eigenvalue weighted by atomic mass is 32.2. The van der Waals surface area contributed by atoms with E-state index in [1.165, 1.54) is 0 Å². The minimum atomic E-state index is -3.26. The first-order chi connectivity index (χ1) is 7.90. The highest BCUT2D eigenvalue weighted by molar-refractivity contribution is 7.89. The van der Waals surface area contributed by atoms with Crippen molar-refractivity contribution in [2.45, 2.75) is 32.2 Å². The summed E-state index contributed by atoms with van der Waals surface area (Å²) in [7, 11) is -3.26. The van der Waals surface area contributed by atoms with Crippen LogP contribution < -0.4 is 15.4 Å². The zero-order valence-corrected chi connectivity index (χ0v) is 11.2. The van der Waals surface area contributed by atoms with Gasteiger partial charge in [0.1, 0.15) is 0 Å². The number of carbonyl (C=O) groups excluding carboxylic acids is 1. The van der Waals surface area contributed by atoms with Crippen LogP contribution in [0, 0.1) is 0 Å². The number of rotatable bonds is 6. The summed E-state index contributed by atoms with van der Waals surface area (Å²) in [5.74, 6) is -0.204. The lowest BCUT2D eigenvalue weighted by molar-refractivity contribution is -0.126. The molecule has 1 atom stereocenters. The molecule has 3 N–H and O–H groups in total. The molecule has 0 radical (unpaired) electrons. The van der Waals surface area contributed by atoms with Crippen LogP contribution in [0.1, 0.15) is 26.7 Å². The van der Waals surface area contributed by atoms with Gasteiger partial charge < -0.3 is 10.6 Å². The van der Waals surface area contributed by atoms with Crippen LogP contribution in [-0.4, -0.2) is 45.3 Å². The van der Waals surface area contributed by atoms with E-state index in [0.29, 0.717) is 6.54 Å². The number of carbonyl (C=O) groups is 1. The van der Waals surface area contributed by atoms with Gasteiger partial charge >= 0.3 is 0 Å². The molecule has 0 saturated carbocycles. The van der Waals surface area contributed by atoms with E-state index in [0.717, 1.165) is 19.4 Å². The maximum Gasteiger partial charge on any atom is 0.240 e. The van der Waals surface area contributed by atoms with Crippen molar-refractivity contribution in [3.8, 4) is 0 Å². The Morgan fingerprint density at radius 1 is 1.47 bits per heavy atom. The van der Waals surface area contributed by atoms with Gasteiger partial charge in [-0.2, -0.15) is 0 Å². The molecule has 100 valence electrons. The summed E-state index contributed by atoms with van der Waals surface area (Å²) in [6.07, 6.45) is 1.76. The molecule has 0 aromatic carbocycles. The lowest BCUT2D eigenvalue weighted by Gasteiger charge is -2.22. The van der Waals surface area contributed by atoms with Crippen LogP contribution in [0.15, 0.2) is 0 Å². The third-order valence-electron chi connectivity index (χ3n) is 2.89. The molecule has 1 heterocycles. The molecule has 1 amide bonds. The Balaban J connectivity index is 2.34. The Hall–Kier alpha value is -0.660. The van der Waals surface area contributed by atoms with Gasteiger partial charge in [-0.3, -0.25) is 4.79 Å². The summed E-state index contributed by atoms with van der Waals surface area (Å²) >= 11 is 0.